The second kappa shape index (κ2) is 6.06. The van der Waals surface area contributed by atoms with Crippen LogP contribution >= 0.6 is 12.9 Å². The van der Waals surface area contributed by atoms with Crippen LogP contribution in [0.2, 0.25) is 0 Å². The number of phenolic OH excluding ortho intramolecular Hbond substituents is 1. The summed E-state index contributed by atoms with van der Waals surface area (Å²) in [6.45, 7) is 1.83. The third-order valence-electron chi connectivity index (χ3n) is 3.19. The third-order valence-corrected chi connectivity index (χ3v) is 3.37. The molecule has 2 aromatic rings. The predicted molar refractivity (Wildman–Crippen MR) is 82.2 cm³/mol. The average molecular weight is 323 g/mol. The fraction of sp³-hybridized carbons (Fsp3) is 0.231. The molecule has 0 aliphatic carbocycles. The Labute approximate surface area is 130 Å². The van der Waals surface area contributed by atoms with Crippen molar-refractivity contribution >= 4 is 18.7 Å². The highest BCUT2D eigenvalue weighted by atomic mass is 32.1. The third kappa shape index (κ3) is 2.62. The zero-order chi connectivity index (χ0) is 16.4. The second-order valence-corrected chi connectivity index (χ2v) is 4.68. The van der Waals surface area contributed by atoms with Gasteiger partial charge in [-0.3, -0.25) is 4.79 Å². The van der Waals surface area contributed by atoms with E-state index in [1.54, 1.807) is 0 Å². The summed E-state index contributed by atoms with van der Waals surface area (Å²) in [6.07, 6.45) is 0.509. The van der Waals surface area contributed by atoms with Crippen LogP contribution in [-0.4, -0.2) is 19.8 Å². The molecule has 22 heavy (non-hydrogen) atoms. The normalized spacial score (nSPS) is 10.5. The van der Waals surface area contributed by atoms with E-state index in [0.717, 1.165) is 4.68 Å². The maximum Gasteiger partial charge on any atom is 0.432 e. The van der Waals surface area contributed by atoms with Crippen molar-refractivity contribution in [2.75, 3.05) is 0 Å². The Morgan fingerprint density at radius 2 is 2.18 bits per heavy atom. The monoisotopic (exact) mass is 323 g/mol. The molecule has 0 aliphatic rings. The zero-order valence-corrected chi connectivity index (χ0v) is 12.7. The summed E-state index contributed by atoms with van der Waals surface area (Å²) < 4.78 is 5.64. The fourth-order valence-electron chi connectivity index (χ4n) is 2.16. The molecule has 1 aromatic carbocycles. The van der Waals surface area contributed by atoms with Crippen LogP contribution in [0.1, 0.15) is 12.5 Å². The molecule has 1 N–H and O–H groups in total. The lowest BCUT2D eigenvalue weighted by Gasteiger charge is -2.11. The van der Waals surface area contributed by atoms with Crippen molar-refractivity contribution in [3.8, 4) is 22.6 Å². The fourth-order valence-corrected chi connectivity index (χ4v) is 2.34. The van der Waals surface area contributed by atoms with Gasteiger partial charge in [0.25, 0.3) is 5.56 Å². The van der Waals surface area contributed by atoms with Crippen LogP contribution in [0, 0.1) is 10.1 Å². The second-order valence-electron chi connectivity index (χ2n) is 4.50. The Balaban J connectivity index is 2.91. The molecule has 0 bridgehead atoms. The molecule has 0 radical (unpaired) electrons. The molecule has 0 spiro atoms. The van der Waals surface area contributed by atoms with Gasteiger partial charge in [0.1, 0.15) is 11.3 Å². The van der Waals surface area contributed by atoms with Gasteiger partial charge in [0.15, 0.2) is 0 Å². The van der Waals surface area contributed by atoms with Crippen LogP contribution in [0.4, 0.5) is 5.82 Å². The first-order chi connectivity index (χ1) is 10.4. The van der Waals surface area contributed by atoms with Gasteiger partial charge in [0.05, 0.1) is 12.1 Å². The molecule has 0 aliphatic heterocycles. The van der Waals surface area contributed by atoms with E-state index in [1.165, 1.54) is 25.2 Å². The minimum Gasteiger partial charge on any atom is -0.508 e. The molecule has 0 atom stereocenters. The van der Waals surface area contributed by atoms with E-state index in [4.69, 9.17) is 4.18 Å². The van der Waals surface area contributed by atoms with Crippen LogP contribution in [0.3, 0.4) is 0 Å². The van der Waals surface area contributed by atoms with Crippen molar-refractivity contribution in [3.63, 3.8) is 0 Å². The molecule has 116 valence electrons. The summed E-state index contributed by atoms with van der Waals surface area (Å²) in [4.78, 5) is 22.7. The van der Waals surface area contributed by atoms with Crippen molar-refractivity contribution in [2.45, 2.75) is 13.3 Å². The highest BCUT2D eigenvalue weighted by molar-refractivity contribution is 7.75. The van der Waals surface area contributed by atoms with Gasteiger partial charge in [-0.25, -0.2) is 0 Å². The summed E-state index contributed by atoms with van der Waals surface area (Å²) in [6, 6.07) is 4.39. The molecule has 1 heterocycles. The number of phenols is 1. The first-order valence-electron chi connectivity index (χ1n) is 6.30. The molecule has 2 rings (SSSR count). The van der Waals surface area contributed by atoms with Crippen LogP contribution in [-0.2, 0) is 13.5 Å². The van der Waals surface area contributed by atoms with Crippen LogP contribution in [0.15, 0.2) is 23.0 Å². The van der Waals surface area contributed by atoms with Crippen molar-refractivity contribution in [1.82, 2.24) is 9.78 Å². The van der Waals surface area contributed by atoms with Gasteiger partial charge >= 0.3 is 5.82 Å². The predicted octanol–water partition coefficient (Wildman–Crippen LogP) is 1.85. The van der Waals surface area contributed by atoms with Gasteiger partial charge in [-0.2, -0.15) is 0 Å². The lowest BCUT2D eigenvalue weighted by atomic mass is 9.98. The Hall–Kier alpha value is -2.55. The summed E-state index contributed by atoms with van der Waals surface area (Å²) in [5.74, 6) is -0.895. The number of hydrogen-bond donors (Lipinski definition) is 2. The van der Waals surface area contributed by atoms with E-state index in [1.807, 2.05) is 6.92 Å². The number of nitrogens with zero attached hydrogens (tertiary/aromatic N) is 3. The molecular formula is C13H13N3O5S. The number of rotatable bonds is 4. The van der Waals surface area contributed by atoms with E-state index in [0.29, 0.717) is 17.5 Å². The number of aromatic nitrogens is 2. The first kappa shape index (κ1) is 15.8. The van der Waals surface area contributed by atoms with Crippen molar-refractivity contribution in [1.29, 1.82) is 0 Å². The van der Waals surface area contributed by atoms with Crippen LogP contribution < -0.4 is 9.74 Å². The van der Waals surface area contributed by atoms with Gasteiger partial charge in [-0.05, 0) is 34.6 Å². The van der Waals surface area contributed by atoms with Crippen molar-refractivity contribution < 1.29 is 14.2 Å². The summed E-state index contributed by atoms with van der Waals surface area (Å²) >= 11 is 3.62. The van der Waals surface area contributed by atoms with Gasteiger partial charge in [-0.1, -0.05) is 13.0 Å². The maximum atomic E-state index is 12.4. The zero-order valence-electron chi connectivity index (χ0n) is 11.8. The van der Waals surface area contributed by atoms with E-state index in [-0.39, 0.29) is 17.1 Å². The topological polar surface area (TPSA) is 107 Å². The largest absolute Gasteiger partial charge is 0.508 e. The molecule has 0 amide bonds. The molecule has 1 aromatic heterocycles. The quantitative estimate of drug-likeness (QED) is 0.385. The first-order valence-corrected chi connectivity index (χ1v) is 6.66. The van der Waals surface area contributed by atoms with E-state index >= 15 is 0 Å². The molecule has 0 unspecified atom stereocenters. The lowest BCUT2D eigenvalue weighted by Crippen LogP contribution is -2.23. The molecule has 0 fully saturated rings. The Kier molecular flexibility index (Phi) is 4.36. The standard InChI is InChI=1S/C13H13N3O5S/c1-3-7-6-8(17)4-5-9(7)10-11(21-22)12(16(19)20)14-15(2)13(10)18/h4-6,17,22H,3H2,1-2H3. The number of benzene rings is 1. The number of aryl methyl sites for hydroxylation is 2. The molecule has 8 nitrogen and oxygen atoms in total. The highest BCUT2D eigenvalue weighted by Crippen LogP contribution is 2.36. The summed E-state index contributed by atoms with van der Waals surface area (Å²) in [5.41, 5.74) is 0.491. The number of thiol groups is 1. The Bertz CT molecular complexity index is 803. The molecule has 0 saturated carbocycles. The molecular weight excluding hydrogens is 310 g/mol. The summed E-state index contributed by atoms with van der Waals surface area (Å²) in [5, 5.41) is 24.3. The Morgan fingerprint density at radius 1 is 1.50 bits per heavy atom. The van der Waals surface area contributed by atoms with Crippen molar-refractivity contribution in [3.05, 3.63) is 44.2 Å². The minimum absolute atomic E-state index is 0.0175. The maximum absolute atomic E-state index is 12.4. The van der Waals surface area contributed by atoms with E-state index in [2.05, 4.69) is 18.0 Å². The van der Waals surface area contributed by atoms with E-state index in [9.17, 15) is 20.0 Å². The molecule has 9 heteroatoms. The van der Waals surface area contributed by atoms with Gasteiger partial charge in [0, 0.05) is 12.9 Å². The van der Waals surface area contributed by atoms with Crippen LogP contribution in [0.5, 0.6) is 11.5 Å². The van der Waals surface area contributed by atoms with Gasteiger partial charge < -0.3 is 19.4 Å². The van der Waals surface area contributed by atoms with E-state index < -0.39 is 16.3 Å². The molecule has 0 saturated heterocycles. The van der Waals surface area contributed by atoms with Gasteiger partial charge in [-0.15, -0.1) is 4.68 Å². The highest BCUT2D eigenvalue weighted by Gasteiger charge is 2.28. The minimum atomic E-state index is -0.749. The number of aromatic hydroxyl groups is 1. The summed E-state index contributed by atoms with van der Waals surface area (Å²) in [7, 11) is 1.31. The SMILES string of the molecule is CCc1cc(O)ccc1-c1c(OS)c([N+](=O)[O-])nn(C)c1=O. The average Bonchev–Trinajstić information content (AvgIpc) is 2.49. The number of hydrogen-bond acceptors (Lipinski definition) is 7. The van der Waals surface area contributed by atoms with Crippen molar-refractivity contribution in [2.24, 2.45) is 7.05 Å². The Morgan fingerprint density at radius 3 is 2.73 bits per heavy atom. The van der Waals surface area contributed by atoms with Crippen LogP contribution in [0.25, 0.3) is 11.1 Å². The number of nitro groups is 1. The lowest BCUT2D eigenvalue weighted by molar-refractivity contribution is -0.391. The smallest absolute Gasteiger partial charge is 0.432 e. The van der Waals surface area contributed by atoms with Gasteiger partial charge in [0.2, 0.25) is 5.75 Å².